The molecule has 1 heterocycles. The molecule has 13 heavy (non-hydrogen) atoms. The molecule has 0 atom stereocenters. The Labute approximate surface area is 84.1 Å². The second kappa shape index (κ2) is 3.00. The molecular weight excluding hydrogens is 182 g/mol. The van der Waals surface area contributed by atoms with Crippen molar-refractivity contribution in [2.75, 3.05) is 6.54 Å². The van der Waals surface area contributed by atoms with Crippen molar-refractivity contribution in [1.29, 1.82) is 0 Å². The lowest BCUT2D eigenvalue weighted by atomic mass is 9.79. The number of hydrogen-bond donors (Lipinski definition) is 1. The van der Waals surface area contributed by atoms with Gasteiger partial charge in [-0.1, -0.05) is 37.6 Å². The highest BCUT2D eigenvalue weighted by atomic mass is 35.5. The lowest BCUT2D eigenvalue weighted by Gasteiger charge is -2.33. The first-order valence-electron chi connectivity index (χ1n) is 4.60. The molecule has 0 aliphatic carbocycles. The lowest BCUT2D eigenvalue weighted by molar-refractivity contribution is 0.435. The third kappa shape index (κ3) is 1.47. The van der Waals surface area contributed by atoms with Crippen molar-refractivity contribution in [3.05, 3.63) is 34.3 Å². The first-order chi connectivity index (χ1) is 6.11. The predicted molar refractivity (Wildman–Crippen MR) is 56.2 cm³/mol. The van der Waals surface area contributed by atoms with Crippen LogP contribution in [0.15, 0.2) is 18.2 Å². The molecule has 2 rings (SSSR count). The summed E-state index contributed by atoms with van der Waals surface area (Å²) < 4.78 is 0. The summed E-state index contributed by atoms with van der Waals surface area (Å²) in [6.07, 6.45) is 0. The zero-order chi connectivity index (χ0) is 9.47. The van der Waals surface area contributed by atoms with Gasteiger partial charge in [0.1, 0.15) is 0 Å². The Hall–Kier alpha value is -0.530. The SMILES string of the molecule is CC1(C)CNCc2c(Cl)cccc21. The van der Waals surface area contributed by atoms with Crippen LogP contribution in [0.2, 0.25) is 5.02 Å². The summed E-state index contributed by atoms with van der Waals surface area (Å²) in [7, 11) is 0. The van der Waals surface area contributed by atoms with Gasteiger partial charge in [-0.25, -0.2) is 0 Å². The zero-order valence-electron chi connectivity index (χ0n) is 8.02. The highest BCUT2D eigenvalue weighted by Crippen LogP contribution is 2.32. The molecule has 0 amide bonds. The van der Waals surface area contributed by atoms with Gasteiger partial charge in [-0.2, -0.15) is 0 Å². The van der Waals surface area contributed by atoms with Crippen LogP contribution in [0.3, 0.4) is 0 Å². The van der Waals surface area contributed by atoms with E-state index in [4.69, 9.17) is 11.6 Å². The van der Waals surface area contributed by atoms with E-state index in [1.54, 1.807) is 0 Å². The van der Waals surface area contributed by atoms with Crippen molar-refractivity contribution in [3.8, 4) is 0 Å². The Bertz CT molecular complexity index is 331. The van der Waals surface area contributed by atoms with E-state index in [0.717, 1.165) is 18.1 Å². The second-order valence-electron chi connectivity index (χ2n) is 4.25. The summed E-state index contributed by atoms with van der Waals surface area (Å²) in [4.78, 5) is 0. The lowest BCUT2D eigenvalue weighted by Crippen LogP contribution is -2.38. The molecule has 1 N–H and O–H groups in total. The fraction of sp³-hybridized carbons (Fsp3) is 0.455. The van der Waals surface area contributed by atoms with Crippen LogP contribution in [0.1, 0.15) is 25.0 Å². The van der Waals surface area contributed by atoms with Crippen LogP contribution in [-0.4, -0.2) is 6.54 Å². The van der Waals surface area contributed by atoms with Gasteiger partial charge in [-0.3, -0.25) is 0 Å². The third-order valence-electron chi connectivity index (χ3n) is 2.72. The Balaban J connectivity index is 2.58. The summed E-state index contributed by atoms with van der Waals surface area (Å²) in [6, 6.07) is 6.18. The molecule has 0 fully saturated rings. The fourth-order valence-corrected chi connectivity index (χ4v) is 2.21. The van der Waals surface area contributed by atoms with E-state index in [-0.39, 0.29) is 5.41 Å². The van der Waals surface area contributed by atoms with Crippen molar-refractivity contribution in [2.45, 2.75) is 25.8 Å². The molecule has 1 aromatic carbocycles. The van der Waals surface area contributed by atoms with E-state index in [2.05, 4.69) is 25.2 Å². The maximum Gasteiger partial charge on any atom is 0.0453 e. The minimum absolute atomic E-state index is 0.207. The molecule has 1 aliphatic rings. The van der Waals surface area contributed by atoms with Gasteiger partial charge in [0, 0.05) is 23.5 Å². The standard InChI is InChI=1S/C11H14ClN/c1-11(2)7-13-6-8-9(11)4-3-5-10(8)12/h3-5,13H,6-7H2,1-2H3. The van der Waals surface area contributed by atoms with Gasteiger partial charge in [0.2, 0.25) is 0 Å². The third-order valence-corrected chi connectivity index (χ3v) is 3.07. The van der Waals surface area contributed by atoms with E-state index >= 15 is 0 Å². The average molecular weight is 196 g/mol. The number of benzene rings is 1. The van der Waals surface area contributed by atoms with Crippen molar-refractivity contribution in [3.63, 3.8) is 0 Å². The van der Waals surface area contributed by atoms with Crippen molar-refractivity contribution in [1.82, 2.24) is 5.32 Å². The highest BCUT2D eigenvalue weighted by molar-refractivity contribution is 6.31. The van der Waals surface area contributed by atoms with Crippen molar-refractivity contribution < 1.29 is 0 Å². The molecule has 1 nitrogen and oxygen atoms in total. The summed E-state index contributed by atoms with van der Waals surface area (Å²) in [5.41, 5.74) is 2.86. The van der Waals surface area contributed by atoms with Crippen LogP contribution < -0.4 is 5.32 Å². The molecule has 0 unspecified atom stereocenters. The molecule has 0 spiro atoms. The van der Waals surface area contributed by atoms with Crippen molar-refractivity contribution in [2.24, 2.45) is 0 Å². The van der Waals surface area contributed by atoms with Crippen LogP contribution in [0, 0.1) is 0 Å². The molecule has 70 valence electrons. The van der Waals surface area contributed by atoms with E-state index in [9.17, 15) is 0 Å². The van der Waals surface area contributed by atoms with E-state index in [1.165, 1.54) is 11.1 Å². The van der Waals surface area contributed by atoms with Crippen molar-refractivity contribution >= 4 is 11.6 Å². The zero-order valence-corrected chi connectivity index (χ0v) is 8.78. The molecule has 0 saturated carbocycles. The second-order valence-corrected chi connectivity index (χ2v) is 4.66. The van der Waals surface area contributed by atoms with Gasteiger partial charge in [0.25, 0.3) is 0 Å². The van der Waals surface area contributed by atoms with E-state index in [1.807, 2.05) is 12.1 Å². The summed E-state index contributed by atoms with van der Waals surface area (Å²) in [5, 5.41) is 4.27. The number of hydrogen-bond acceptors (Lipinski definition) is 1. The smallest absolute Gasteiger partial charge is 0.0453 e. The molecule has 0 saturated heterocycles. The predicted octanol–water partition coefficient (Wildman–Crippen LogP) is 2.72. The van der Waals surface area contributed by atoms with E-state index < -0.39 is 0 Å². The van der Waals surface area contributed by atoms with Gasteiger partial charge in [0.05, 0.1) is 0 Å². The largest absolute Gasteiger partial charge is 0.312 e. The molecule has 0 bridgehead atoms. The monoisotopic (exact) mass is 195 g/mol. The molecule has 0 aromatic heterocycles. The molecule has 2 heteroatoms. The quantitative estimate of drug-likeness (QED) is 0.672. The van der Waals surface area contributed by atoms with E-state index in [0.29, 0.717) is 0 Å². The molecule has 1 aliphatic heterocycles. The van der Waals surface area contributed by atoms with Crippen LogP contribution in [0.4, 0.5) is 0 Å². The van der Waals surface area contributed by atoms with Crippen LogP contribution in [0.5, 0.6) is 0 Å². The number of rotatable bonds is 0. The van der Waals surface area contributed by atoms with Gasteiger partial charge in [-0.05, 0) is 17.2 Å². The summed E-state index contributed by atoms with van der Waals surface area (Å²) in [5.74, 6) is 0. The van der Waals surface area contributed by atoms with Gasteiger partial charge < -0.3 is 5.32 Å². The average Bonchev–Trinajstić information content (AvgIpc) is 2.06. The number of nitrogens with one attached hydrogen (secondary N) is 1. The Morgan fingerprint density at radius 1 is 1.38 bits per heavy atom. The Morgan fingerprint density at radius 3 is 2.85 bits per heavy atom. The minimum atomic E-state index is 0.207. The fourth-order valence-electron chi connectivity index (χ4n) is 1.97. The first kappa shape index (κ1) is 9.04. The molecule has 1 aromatic rings. The first-order valence-corrected chi connectivity index (χ1v) is 4.98. The van der Waals surface area contributed by atoms with Crippen LogP contribution >= 0.6 is 11.6 Å². The maximum atomic E-state index is 6.13. The Kier molecular flexibility index (Phi) is 2.09. The maximum absolute atomic E-state index is 6.13. The minimum Gasteiger partial charge on any atom is -0.312 e. The van der Waals surface area contributed by atoms with Gasteiger partial charge in [-0.15, -0.1) is 0 Å². The summed E-state index contributed by atoms with van der Waals surface area (Å²) in [6.45, 7) is 6.42. The number of halogens is 1. The highest BCUT2D eigenvalue weighted by Gasteiger charge is 2.27. The topological polar surface area (TPSA) is 12.0 Å². The normalized spacial score (nSPS) is 19.6. The number of fused-ring (bicyclic) bond motifs is 1. The van der Waals surface area contributed by atoms with Crippen LogP contribution in [-0.2, 0) is 12.0 Å². The summed E-state index contributed by atoms with van der Waals surface area (Å²) >= 11 is 6.13. The molecular formula is C11H14ClN. The van der Waals surface area contributed by atoms with Gasteiger partial charge >= 0.3 is 0 Å². The van der Waals surface area contributed by atoms with Crippen LogP contribution in [0.25, 0.3) is 0 Å². The molecule has 0 radical (unpaired) electrons. The Morgan fingerprint density at radius 2 is 2.15 bits per heavy atom. The van der Waals surface area contributed by atoms with Gasteiger partial charge in [0.15, 0.2) is 0 Å².